The minimum Gasteiger partial charge on any atom is -0.345 e. The van der Waals surface area contributed by atoms with Crippen LogP contribution in [0.25, 0.3) is 0 Å². The zero-order chi connectivity index (χ0) is 22.8. The largest absolute Gasteiger partial charge is 0.345 e. The maximum absolute atomic E-state index is 13.4. The Morgan fingerprint density at radius 1 is 0.906 bits per heavy atom. The third kappa shape index (κ3) is 7.00. The van der Waals surface area contributed by atoms with E-state index in [1.165, 1.54) is 18.4 Å². The zero-order valence-electron chi connectivity index (χ0n) is 19.4. The number of benzene rings is 2. The van der Waals surface area contributed by atoms with Crippen molar-refractivity contribution in [1.82, 2.24) is 9.47 Å². The minimum absolute atomic E-state index is 0.110. The van der Waals surface area contributed by atoms with Crippen LogP contribution in [0.1, 0.15) is 73.1 Å². The smallest absolute Gasteiger partial charge is 0.254 e. The molecule has 3 rings (SSSR count). The van der Waals surface area contributed by atoms with Gasteiger partial charge in [-0.3, -0.25) is 4.79 Å². The number of halogens is 1. The SMILES string of the molecule is CCCCCN(Cc1cccn1Cc1cccc(Cl)c1)C(=O)c1ccc(CCCC)cc1. The van der Waals surface area contributed by atoms with E-state index < -0.39 is 0 Å². The van der Waals surface area contributed by atoms with E-state index in [0.717, 1.165) is 60.6 Å². The average molecular weight is 451 g/mol. The average Bonchev–Trinajstić information content (AvgIpc) is 3.23. The van der Waals surface area contributed by atoms with Crippen LogP contribution in [0.3, 0.4) is 0 Å². The Morgan fingerprint density at radius 3 is 2.41 bits per heavy atom. The molecule has 3 nitrogen and oxygen atoms in total. The molecule has 0 saturated heterocycles. The number of hydrogen-bond donors (Lipinski definition) is 0. The third-order valence-electron chi connectivity index (χ3n) is 5.86. The van der Waals surface area contributed by atoms with Crippen molar-refractivity contribution in [3.8, 4) is 0 Å². The number of amides is 1. The van der Waals surface area contributed by atoms with Gasteiger partial charge in [0.1, 0.15) is 0 Å². The standard InChI is InChI=1S/C28H35ClN2O/c1-3-5-7-18-31(28(32)25-16-14-23(15-17-25)10-6-4-2)22-27-13-9-19-30(27)21-24-11-8-12-26(29)20-24/h8-9,11-17,19-20H,3-7,10,18,21-22H2,1-2H3. The molecule has 0 fully saturated rings. The lowest BCUT2D eigenvalue weighted by Crippen LogP contribution is -2.32. The monoisotopic (exact) mass is 450 g/mol. The molecule has 2 aromatic carbocycles. The second kappa shape index (κ2) is 12.5. The van der Waals surface area contributed by atoms with E-state index >= 15 is 0 Å². The number of carbonyl (C=O) groups excluding carboxylic acids is 1. The van der Waals surface area contributed by atoms with E-state index in [1.807, 2.05) is 35.2 Å². The molecule has 32 heavy (non-hydrogen) atoms. The molecule has 4 heteroatoms. The molecule has 1 aromatic heterocycles. The van der Waals surface area contributed by atoms with E-state index in [1.54, 1.807) is 0 Å². The molecule has 1 heterocycles. The number of unbranched alkanes of at least 4 members (excludes halogenated alkanes) is 3. The number of aryl methyl sites for hydroxylation is 1. The number of carbonyl (C=O) groups is 1. The van der Waals surface area contributed by atoms with Gasteiger partial charge in [0, 0.05) is 35.6 Å². The van der Waals surface area contributed by atoms with Crippen LogP contribution in [-0.2, 0) is 19.5 Å². The van der Waals surface area contributed by atoms with Gasteiger partial charge in [0.05, 0.1) is 6.54 Å². The zero-order valence-corrected chi connectivity index (χ0v) is 20.2. The van der Waals surface area contributed by atoms with Gasteiger partial charge in [-0.1, -0.05) is 69.0 Å². The Balaban J connectivity index is 1.74. The highest BCUT2D eigenvalue weighted by Crippen LogP contribution is 2.17. The molecule has 0 aliphatic heterocycles. The number of nitrogens with zero attached hydrogens (tertiary/aromatic N) is 2. The number of rotatable bonds is 12. The minimum atomic E-state index is 0.110. The molecule has 0 radical (unpaired) electrons. The Bertz CT molecular complexity index is 977. The summed E-state index contributed by atoms with van der Waals surface area (Å²) < 4.78 is 2.21. The fraction of sp³-hybridized carbons (Fsp3) is 0.393. The summed E-state index contributed by atoms with van der Waals surface area (Å²) in [6.07, 6.45) is 8.80. The summed E-state index contributed by atoms with van der Waals surface area (Å²) in [5, 5.41) is 0.745. The fourth-order valence-corrected chi connectivity index (χ4v) is 4.17. The maximum Gasteiger partial charge on any atom is 0.254 e. The molecule has 0 N–H and O–H groups in total. The first kappa shape index (κ1) is 24.1. The van der Waals surface area contributed by atoms with Crippen molar-refractivity contribution in [1.29, 1.82) is 0 Å². The van der Waals surface area contributed by atoms with Crippen molar-refractivity contribution in [3.63, 3.8) is 0 Å². The van der Waals surface area contributed by atoms with Crippen molar-refractivity contribution >= 4 is 17.5 Å². The summed E-state index contributed by atoms with van der Waals surface area (Å²) in [5.74, 6) is 0.110. The molecular formula is C28H35ClN2O. The molecule has 170 valence electrons. The maximum atomic E-state index is 13.4. The fourth-order valence-electron chi connectivity index (χ4n) is 3.96. The van der Waals surface area contributed by atoms with Gasteiger partial charge in [-0.25, -0.2) is 0 Å². The third-order valence-corrected chi connectivity index (χ3v) is 6.09. The summed E-state index contributed by atoms with van der Waals surface area (Å²) in [4.78, 5) is 15.4. The van der Waals surface area contributed by atoms with Crippen molar-refractivity contribution in [2.45, 2.75) is 65.5 Å². The van der Waals surface area contributed by atoms with Crippen LogP contribution in [0.4, 0.5) is 0 Å². The lowest BCUT2D eigenvalue weighted by Gasteiger charge is -2.24. The lowest BCUT2D eigenvalue weighted by atomic mass is 10.1. The highest BCUT2D eigenvalue weighted by molar-refractivity contribution is 6.30. The van der Waals surface area contributed by atoms with Gasteiger partial charge < -0.3 is 9.47 Å². The van der Waals surface area contributed by atoms with E-state index in [9.17, 15) is 4.79 Å². The highest BCUT2D eigenvalue weighted by Gasteiger charge is 2.17. The van der Waals surface area contributed by atoms with Gasteiger partial charge in [-0.2, -0.15) is 0 Å². The topological polar surface area (TPSA) is 25.2 Å². The van der Waals surface area contributed by atoms with E-state index in [-0.39, 0.29) is 5.91 Å². The Hall–Kier alpha value is -2.52. The lowest BCUT2D eigenvalue weighted by molar-refractivity contribution is 0.0736. The van der Waals surface area contributed by atoms with Crippen LogP contribution < -0.4 is 0 Å². The molecule has 0 saturated carbocycles. The Morgan fingerprint density at radius 2 is 1.69 bits per heavy atom. The van der Waals surface area contributed by atoms with Crippen molar-refractivity contribution in [3.05, 3.63) is 94.3 Å². The van der Waals surface area contributed by atoms with Crippen molar-refractivity contribution < 1.29 is 4.79 Å². The first-order chi connectivity index (χ1) is 15.6. The first-order valence-electron chi connectivity index (χ1n) is 11.9. The molecule has 0 bridgehead atoms. The summed E-state index contributed by atoms with van der Waals surface area (Å²) in [7, 11) is 0. The van der Waals surface area contributed by atoms with Gasteiger partial charge in [0.15, 0.2) is 0 Å². The van der Waals surface area contributed by atoms with Crippen molar-refractivity contribution in [2.75, 3.05) is 6.54 Å². The summed E-state index contributed by atoms with van der Waals surface area (Å²) in [6, 6.07) is 20.3. The molecular weight excluding hydrogens is 416 g/mol. The Kier molecular flexibility index (Phi) is 9.43. The van der Waals surface area contributed by atoms with Crippen LogP contribution in [0, 0.1) is 0 Å². The second-order valence-electron chi connectivity index (χ2n) is 8.49. The number of hydrogen-bond acceptors (Lipinski definition) is 1. The summed E-state index contributed by atoms with van der Waals surface area (Å²) >= 11 is 6.17. The highest BCUT2D eigenvalue weighted by atomic mass is 35.5. The predicted molar refractivity (Wildman–Crippen MR) is 134 cm³/mol. The van der Waals surface area contributed by atoms with Gasteiger partial charge in [-0.15, -0.1) is 0 Å². The predicted octanol–water partition coefficient (Wildman–Crippen LogP) is 7.37. The first-order valence-corrected chi connectivity index (χ1v) is 12.2. The van der Waals surface area contributed by atoms with E-state index in [2.05, 4.69) is 54.9 Å². The van der Waals surface area contributed by atoms with E-state index in [4.69, 9.17) is 11.6 Å². The summed E-state index contributed by atoms with van der Waals surface area (Å²) in [5.41, 5.74) is 4.36. The van der Waals surface area contributed by atoms with Gasteiger partial charge in [0.25, 0.3) is 5.91 Å². The normalized spacial score (nSPS) is 11.0. The Labute approximate surface area is 198 Å². The van der Waals surface area contributed by atoms with Gasteiger partial charge in [0.2, 0.25) is 0 Å². The molecule has 0 unspecified atom stereocenters. The van der Waals surface area contributed by atoms with Gasteiger partial charge >= 0.3 is 0 Å². The summed E-state index contributed by atoms with van der Waals surface area (Å²) in [6.45, 7) is 6.51. The van der Waals surface area contributed by atoms with Crippen molar-refractivity contribution in [2.24, 2.45) is 0 Å². The molecule has 1 amide bonds. The molecule has 0 atom stereocenters. The van der Waals surface area contributed by atoms with E-state index in [0.29, 0.717) is 6.54 Å². The van der Waals surface area contributed by atoms with Gasteiger partial charge in [-0.05, 0) is 66.8 Å². The van der Waals surface area contributed by atoms with Crippen LogP contribution in [0.2, 0.25) is 5.02 Å². The van der Waals surface area contributed by atoms with Crippen LogP contribution in [0.5, 0.6) is 0 Å². The van der Waals surface area contributed by atoms with Crippen LogP contribution in [0.15, 0.2) is 66.9 Å². The second-order valence-corrected chi connectivity index (χ2v) is 8.93. The van der Waals surface area contributed by atoms with Crippen LogP contribution in [-0.4, -0.2) is 21.9 Å². The van der Waals surface area contributed by atoms with Crippen LogP contribution >= 0.6 is 11.6 Å². The number of aromatic nitrogens is 1. The molecule has 3 aromatic rings. The quantitative estimate of drug-likeness (QED) is 0.264. The molecule has 0 aliphatic rings. The molecule has 0 aliphatic carbocycles. The molecule has 0 spiro atoms.